The molecule has 1 unspecified atom stereocenters. The highest BCUT2D eigenvalue weighted by atomic mass is 16.7. The number of fused-ring (bicyclic) bond motifs is 1. The number of likely N-dealkylation sites (tertiary alicyclic amines) is 1. The lowest BCUT2D eigenvalue weighted by Gasteiger charge is -2.10. The zero-order valence-electron chi connectivity index (χ0n) is 11.7. The van der Waals surface area contributed by atoms with Crippen LogP contribution in [0.15, 0.2) is 24.3 Å². The number of nitrogens with one attached hydrogen (secondary N) is 1. The van der Waals surface area contributed by atoms with Crippen molar-refractivity contribution in [2.24, 2.45) is 0 Å². The summed E-state index contributed by atoms with van der Waals surface area (Å²) in [5.74, 6) is 1.24. The van der Waals surface area contributed by atoms with Gasteiger partial charge >= 0.3 is 0 Å². The van der Waals surface area contributed by atoms with Gasteiger partial charge < -0.3 is 19.7 Å². The van der Waals surface area contributed by atoms with Gasteiger partial charge in [-0.15, -0.1) is 0 Å². The number of carbonyl (C=O) groups excluding carboxylic acids is 2. The Labute approximate surface area is 122 Å². The number of rotatable bonds is 3. The second kappa shape index (κ2) is 5.47. The van der Waals surface area contributed by atoms with Gasteiger partial charge in [-0.2, -0.15) is 0 Å². The Morgan fingerprint density at radius 2 is 2.19 bits per heavy atom. The van der Waals surface area contributed by atoms with Gasteiger partial charge in [0, 0.05) is 26.1 Å². The molecular weight excluding hydrogens is 272 g/mol. The summed E-state index contributed by atoms with van der Waals surface area (Å²) in [6.07, 6.45) is 3.53. The standard InChI is InChI=1S/C15H16N2O4/c1-17-8-11(7-15(17)19)16-14(18)5-3-10-2-4-12-13(6-10)21-9-20-12/h2-6,11H,7-9H2,1H3,(H,16,18)/b5-3+. The molecule has 1 saturated heterocycles. The van der Waals surface area contributed by atoms with Crippen molar-refractivity contribution in [3.63, 3.8) is 0 Å². The summed E-state index contributed by atoms with van der Waals surface area (Å²) in [7, 11) is 1.73. The van der Waals surface area contributed by atoms with Gasteiger partial charge in [-0.1, -0.05) is 6.07 Å². The third kappa shape index (κ3) is 2.99. The van der Waals surface area contributed by atoms with Crippen molar-refractivity contribution in [2.45, 2.75) is 12.5 Å². The number of amides is 2. The molecule has 1 fully saturated rings. The molecule has 6 nitrogen and oxygen atoms in total. The second-order valence-corrected chi connectivity index (χ2v) is 5.13. The van der Waals surface area contributed by atoms with Gasteiger partial charge in [0.2, 0.25) is 18.6 Å². The Balaban J connectivity index is 1.58. The molecule has 1 aromatic carbocycles. The highest BCUT2D eigenvalue weighted by Gasteiger charge is 2.27. The van der Waals surface area contributed by atoms with Crippen molar-refractivity contribution in [3.05, 3.63) is 29.8 Å². The van der Waals surface area contributed by atoms with Crippen LogP contribution in [0.1, 0.15) is 12.0 Å². The van der Waals surface area contributed by atoms with Crippen LogP contribution in [0.2, 0.25) is 0 Å². The van der Waals surface area contributed by atoms with Gasteiger partial charge in [0.1, 0.15) is 0 Å². The number of carbonyl (C=O) groups is 2. The van der Waals surface area contributed by atoms with Crippen LogP contribution >= 0.6 is 0 Å². The molecule has 1 atom stereocenters. The van der Waals surface area contributed by atoms with E-state index in [1.54, 1.807) is 18.0 Å². The first kappa shape index (κ1) is 13.5. The maximum atomic E-state index is 11.8. The van der Waals surface area contributed by atoms with Crippen LogP contribution in [0.3, 0.4) is 0 Å². The monoisotopic (exact) mass is 288 g/mol. The van der Waals surface area contributed by atoms with Gasteiger partial charge in [0.15, 0.2) is 11.5 Å². The molecule has 6 heteroatoms. The highest BCUT2D eigenvalue weighted by molar-refractivity contribution is 5.92. The fraction of sp³-hybridized carbons (Fsp3) is 0.333. The maximum absolute atomic E-state index is 11.8. The van der Waals surface area contributed by atoms with E-state index in [9.17, 15) is 9.59 Å². The van der Waals surface area contributed by atoms with Crippen LogP contribution in [0, 0.1) is 0 Å². The van der Waals surface area contributed by atoms with Gasteiger partial charge in [0.25, 0.3) is 0 Å². The number of ether oxygens (including phenoxy) is 2. The molecule has 3 rings (SSSR count). The van der Waals surface area contributed by atoms with E-state index in [2.05, 4.69) is 5.32 Å². The van der Waals surface area contributed by atoms with Crippen LogP contribution < -0.4 is 14.8 Å². The van der Waals surface area contributed by atoms with Crippen molar-refractivity contribution in [1.29, 1.82) is 0 Å². The smallest absolute Gasteiger partial charge is 0.244 e. The third-order valence-corrected chi connectivity index (χ3v) is 3.51. The molecule has 110 valence electrons. The van der Waals surface area contributed by atoms with Crippen molar-refractivity contribution in [1.82, 2.24) is 10.2 Å². The minimum absolute atomic E-state index is 0.0556. The molecule has 2 amide bonds. The van der Waals surface area contributed by atoms with Crippen molar-refractivity contribution < 1.29 is 19.1 Å². The minimum atomic E-state index is -0.208. The van der Waals surface area contributed by atoms with E-state index < -0.39 is 0 Å². The van der Waals surface area contributed by atoms with E-state index in [0.29, 0.717) is 24.5 Å². The molecule has 0 bridgehead atoms. The molecule has 21 heavy (non-hydrogen) atoms. The Morgan fingerprint density at radius 3 is 2.95 bits per heavy atom. The first-order chi connectivity index (χ1) is 10.1. The fourth-order valence-corrected chi connectivity index (χ4v) is 2.40. The summed E-state index contributed by atoms with van der Waals surface area (Å²) in [5, 5.41) is 2.82. The first-order valence-electron chi connectivity index (χ1n) is 6.74. The van der Waals surface area contributed by atoms with E-state index in [-0.39, 0.29) is 24.6 Å². The Kier molecular flexibility index (Phi) is 3.51. The summed E-state index contributed by atoms with van der Waals surface area (Å²) in [5.41, 5.74) is 0.856. The minimum Gasteiger partial charge on any atom is -0.454 e. The van der Waals surface area contributed by atoms with E-state index in [4.69, 9.17) is 9.47 Å². The van der Waals surface area contributed by atoms with E-state index in [1.165, 1.54) is 6.08 Å². The van der Waals surface area contributed by atoms with Crippen LogP contribution in [-0.2, 0) is 9.59 Å². The van der Waals surface area contributed by atoms with Gasteiger partial charge in [0.05, 0.1) is 6.04 Å². The van der Waals surface area contributed by atoms with Crippen LogP contribution in [0.4, 0.5) is 0 Å². The lowest BCUT2D eigenvalue weighted by Crippen LogP contribution is -2.35. The SMILES string of the molecule is CN1CC(NC(=O)/C=C/c2ccc3c(c2)OCO3)CC1=O. The molecule has 2 aliphatic rings. The molecule has 0 aromatic heterocycles. The lowest BCUT2D eigenvalue weighted by molar-refractivity contribution is -0.126. The summed E-state index contributed by atoms with van der Waals surface area (Å²) < 4.78 is 10.5. The second-order valence-electron chi connectivity index (χ2n) is 5.13. The summed E-state index contributed by atoms with van der Waals surface area (Å²) >= 11 is 0. The van der Waals surface area contributed by atoms with Crippen LogP contribution in [0.25, 0.3) is 6.08 Å². The van der Waals surface area contributed by atoms with Crippen molar-refractivity contribution in [2.75, 3.05) is 20.4 Å². The average Bonchev–Trinajstić information content (AvgIpc) is 3.03. The average molecular weight is 288 g/mol. The summed E-state index contributed by atoms with van der Waals surface area (Å²) in [6, 6.07) is 5.37. The summed E-state index contributed by atoms with van der Waals surface area (Å²) in [4.78, 5) is 24.8. The van der Waals surface area contributed by atoms with Crippen LogP contribution in [-0.4, -0.2) is 43.1 Å². The van der Waals surface area contributed by atoms with Gasteiger partial charge in [-0.25, -0.2) is 0 Å². The third-order valence-electron chi connectivity index (χ3n) is 3.51. The lowest BCUT2D eigenvalue weighted by atomic mass is 10.2. The molecule has 1 aromatic rings. The number of hydrogen-bond donors (Lipinski definition) is 1. The molecule has 0 aliphatic carbocycles. The quantitative estimate of drug-likeness (QED) is 0.834. The van der Waals surface area contributed by atoms with Crippen LogP contribution in [0.5, 0.6) is 11.5 Å². The first-order valence-corrected chi connectivity index (χ1v) is 6.74. The Hall–Kier alpha value is -2.50. The Morgan fingerprint density at radius 1 is 1.38 bits per heavy atom. The predicted molar refractivity (Wildman–Crippen MR) is 75.8 cm³/mol. The molecule has 0 spiro atoms. The largest absolute Gasteiger partial charge is 0.454 e. The van der Waals surface area contributed by atoms with E-state index >= 15 is 0 Å². The maximum Gasteiger partial charge on any atom is 0.244 e. The Bertz CT molecular complexity index is 612. The van der Waals surface area contributed by atoms with Crippen molar-refractivity contribution >= 4 is 17.9 Å². The van der Waals surface area contributed by atoms with Gasteiger partial charge in [-0.05, 0) is 23.8 Å². The normalized spacial score (nSPS) is 20.3. The molecule has 2 heterocycles. The molecule has 0 saturated carbocycles. The zero-order valence-corrected chi connectivity index (χ0v) is 11.7. The predicted octanol–water partition coefficient (Wildman–Crippen LogP) is 0.775. The molecule has 2 aliphatic heterocycles. The van der Waals surface area contributed by atoms with E-state index in [0.717, 1.165) is 5.56 Å². The molecular formula is C15H16N2O4. The summed E-state index contributed by atoms with van der Waals surface area (Å²) in [6.45, 7) is 0.786. The number of nitrogens with zero attached hydrogens (tertiary/aromatic N) is 1. The molecule has 0 radical (unpaired) electrons. The fourth-order valence-electron chi connectivity index (χ4n) is 2.40. The van der Waals surface area contributed by atoms with Crippen molar-refractivity contribution in [3.8, 4) is 11.5 Å². The topological polar surface area (TPSA) is 67.9 Å². The number of likely N-dealkylation sites (N-methyl/N-ethyl adjacent to an activating group) is 1. The van der Waals surface area contributed by atoms with E-state index in [1.807, 2.05) is 18.2 Å². The number of hydrogen-bond acceptors (Lipinski definition) is 4. The highest BCUT2D eigenvalue weighted by Crippen LogP contribution is 2.32. The number of benzene rings is 1. The zero-order chi connectivity index (χ0) is 14.8. The molecule has 1 N–H and O–H groups in total. The van der Waals surface area contributed by atoms with Gasteiger partial charge in [-0.3, -0.25) is 9.59 Å².